The molecule has 0 amide bonds. The first kappa shape index (κ1) is 14.4. The SMILES string of the molecule is CCN(CC)CCOc1cc(C)ncc1C(=O)O. The molecule has 100 valence electrons. The Hall–Kier alpha value is -1.62. The highest BCUT2D eigenvalue weighted by atomic mass is 16.5. The molecule has 1 heterocycles. The van der Waals surface area contributed by atoms with Gasteiger partial charge in [-0.3, -0.25) is 4.98 Å². The van der Waals surface area contributed by atoms with Crippen molar-refractivity contribution in [2.75, 3.05) is 26.2 Å². The minimum atomic E-state index is -1.01. The Kier molecular flexibility index (Phi) is 5.58. The molecule has 1 rings (SSSR count). The van der Waals surface area contributed by atoms with Gasteiger partial charge in [-0.1, -0.05) is 13.8 Å². The molecule has 0 aromatic carbocycles. The quantitative estimate of drug-likeness (QED) is 0.801. The number of carbonyl (C=O) groups is 1. The number of hydrogen-bond acceptors (Lipinski definition) is 4. The van der Waals surface area contributed by atoms with E-state index in [0.29, 0.717) is 12.4 Å². The van der Waals surface area contributed by atoms with Crippen LogP contribution in [0, 0.1) is 6.92 Å². The van der Waals surface area contributed by atoms with Crippen molar-refractivity contribution in [3.63, 3.8) is 0 Å². The van der Waals surface area contributed by atoms with E-state index in [1.54, 1.807) is 6.07 Å². The standard InChI is InChI=1S/C13H20N2O3/c1-4-15(5-2)6-7-18-12-8-10(3)14-9-11(12)13(16)17/h8-9H,4-7H2,1-3H3,(H,16,17). The summed E-state index contributed by atoms with van der Waals surface area (Å²) in [5, 5.41) is 9.03. The van der Waals surface area contributed by atoms with E-state index in [2.05, 4.69) is 23.7 Å². The highest BCUT2D eigenvalue weighted by Gasteiger charge is 2.12. The lowest BCUT2D eigenvalue weighted by Crippen LogP contribution is -2.28. The van der Waals surface area contributed by atoms with Gasteiger partial charge in [0.25, 0.3) is 0 Å². The summed E-state index contributed by atoms with van der Waals surface area (Å²) in [6.45, 7) is 9.16. The molecule has 5 heteroatoms. The molecule has 0 atom stereocenters. The molecule has 1 aromatic rings. The van der Waals surface area contributed by atoms with E-state index in [-0.39, 0.29) is 5.56 Å². The van der Waals surface area contributed by atoms with Gasteiger partial charge in [0.1, 0.15) is 17.9 Å². The minimum absolute atomic E-state index is 0.111. The zero-order chi connectivity index (χ0) is 13.5. The molecule has 0 unspecified atom stereocenters. The van der Waals surface area contributed by atoms with Crippen LogP contribution in [0.2, 0.25) is 0 Å². The Morgan fingerprint density at radius 3 is 2.67 bits per heavy atom. The van der Waals surface area contributed by atoms with Crippen molar-refractivity contribution in [2.45, 2.75) is 20.8 Å². The molecule has 5 nitrogen and oxygen atoms in total. The largest absolute Gasteiger partial charge is 0.491 e. The Bertz CT molecular complexity index is 403. The third-order valence-corrected chi connectivity index (χ3v) is 2.79. The predicted molar refractivity (Wildman–Crippen MR) is 69.2 cm³/mol. The zero-order valence-electron chi connectivity index (χ0n) is 11.1. The van der Waals surface area contributed by atoms with Crippen molar-refractivity contribution in [3.05, 3.63) is 23.5 Å². The fourth-order valence-corrected chi connectivity index (χ4v) is 1.64. The second-order valence-electron chi connectivity index (χ2n) is 4.00. The fourth-order valence-electron chi connectivity index (χ4n) is 1.64. The number of ether oxygens (including phenoxy) is 1. The van der Waals surface area contributed by atoms with Crippen LogP contribution in [0.15, 0.2) is 12.3 Å². The van der Waals surface area contributed by atoms with Crippen LogP contribution in [-0.2, 0) is 0 Å². The number of aromatic carboxylic acids is 1. The lowest BCUT2D eigenvalue weighted by molar-refractivity contribution is 0.0691. The van der Waals surface area contributed by atoms with Gasteiger partial charge in [0, 0.05) is 24.5 Å². The van der Waals surface area contributed by atoms with Crippen LogP contribution in [0.4, 0.5) is 0 Å². The van der Waals surface area contributed by atoms with Crippen LogP contribution >= 0.6 is 0 Å². The number of nitrogens with zero attached hydrogens (tertiary/aromatic N) is 2. The predicted octanol–water partition coefficient (Wildman–Crippen LogP) is 1.81. The third-order valence-electron chi connectivity index (χ3n) is 2.79. The zero-order valence-corrected chi connectivity index (χ0v) is 11.1. The second kappa shape index (κ2) is 6.96. The summed E-state index contributed by atoms with van der Waals surface area (Å²) in [5.41, 5.74) is 0.859. The Labute approximate surface area is 107 Å². The molecule has 0 aliphatic rings. The smallest absolute Gasteiger partial charge is 0.341 e. The highest BCUT2D eigenvalue weighted by Crippen LogP contribution is 2.18. The van der Waals surface area contributed by atoms with E-state index >= 15 is 0 Å². The van der Waals surface area contributed by atoms with Gasteiger partial charge in [0.15, 0.2) is 0 Å². The molecule has 18 heavy (non-hydrogen) atoms. The van der Waals surface area contributed by atoms with Gasteiger partial charge < -0.3 is 14.7 Å². The summed E-state index contributed by atoms with van der Waals surface area (Å²) in [5.74, 6) is -0.623. The van der Waals surface area contributed by atoms with E-state index in [4.69, 9.17) is 9.84 Å². The van der Waals surface area contributed by atoms with Crippen molar-refractivity contribution in [3.8, 4) is 5.75 Å². The molecule has 0 saturated heterocycles. The van der Waals surface area contributed by atoms with E-state index in [1.807, 2.05) is 6.92 Å². The van der Waals surface area contributed by atoms with Crippen LogP contribution in [0.25, 0.3) is 0 Å². The Morgan fingerprint density at radius 1 is 1.44 bits per heavy atom. The van der Waals surface area contributed by atoms with E-state index in [9.17, 15) is 4.79 Å². The Balaban J connectivity index is 2.66. The molecule has 0 radical (unpaired) electrons. The lowest BCUT2D eigenvalue weighted by Gasteiger charge is -2.18. The monoisotopic (exact) mass is 252 g/mol. The normalized spacial score (nSPS) is 10.7. The van der Waals surface area contributed by atoms with Gasteiger partial charge in [-0.05, 0) is 20.0 Å². The van der Waals surface area contributed by atoms with Crippen molar-refractivity contribution in [1.29, 1.82) is 0 Å². The maximum atomic E-state index is 11.0. The maximum absolute atomic E-state index is 11.0. The number of aryl methyl sites for hydroxylation is 1. The third kappa shape index (κ3) is 4.00. The van der Waals surface area contributed by atoms with Crippen LogP contribution in [0.3, 0.4) is 0 Å². The minimum Gasteiger partial charge on any atom is -0.491 e. The molecule has 0 saturated carbocycles. The first-order chi connectivity index (χ1) is 8.58. The fraction of sp³-hybridized carbons (Fsp3) is 0.538. The van der Waals surface area contributed by atoms with E-state index in [0.717, 1.165) is 25.3 Å². The lowest BCUT2D eigenvalue weighted by atomic mass is 10.2. The first-order valence-electron chi connectivity index (χ1n) is 6.13. The summed E-state index contributed by atoms with van der Waals surface area (Å²) in [6, 6.07) is 1.66. The van der Waals surface area contributed by atoms with Crippen molar-refractivity contribution in [1.82, 2.24) is 9.88 Å². The molecule has 0 spiro atoms. The summed E-state index contributed by atoms with van der Waals surface area (Å²) in [7, 11) is 0. The van der Waals surface area contributed by atoms with Gasteiger partial charge >= 0.3 is 5.97 Å². The molecule has 0 bridgehead atoms. The van der Waals surface area contributed by atoms with Crippen LogP contribution < -0.4 is 4.74 Å². The molecule has 1 aromatic heterocycles. The molecular formula is C13H20N2O3. The molecule has 0 aliphatic carbocycles. The van der Waals surface area contributed by atoms with Crippen molar-refractivity contribution < 1.29 is 14.6 Å². The average molecular weight is 252 g/mol. The summed E-state index contributed by atoms with van der Waals surface area (Å²) in [4.78, 5) is 17.2. The van der Waals surface area contributed by atoms with E-state index < -0.39 is 5.97 Å². The number of carboxylic acid groups (broad SMARTS) is 1. The number of aromatic nitrogens is 1. The van der Waals surface area contributed by atoms with Gasteiger partial charge in [0.05, 0.1) is 0 Å². The molecule has 0 aliphatic heterocycles. The number of hydrogen-bond donors (Lipinski definition) is 1. The van der Waals surface area contributed by atoms with Crippen LogP contribution in [0.5, 0.6) is 5.75 Å². The van der Waals surface area contributed by atoms with Gasteiger partial charge in [-0.25, -0.2) is 4.79 Å². The molecule has 1 N–H and O–H groups in total. The highest BCUT2D eigenvalue weighted by molar-refractivity contribution is 5.90. The number of likely N-dealkylation sites (N-methyl/N-ethyl adjacent to an activating group) is 1. The number of rotatable bonds is 7. The molecular weight excluding hydrogens is 232 g/mol. The van der Waals surface area contributed by atoms with Gasteiger partial charge in [-0.15, -0.1) is 0 Å². The van der Waals surface area contributed by atoms with Gasteiger partial charge in [0.2, 0.25) is 0 Å². The maximum Gasteiger partial charge on any atom is 0.341 e. The summed E-state index contributed by atoms with van der Waals surface area (Å²) >= 11 is 0. The van der Waals surface area contributed by atoms with Gasteiger partial charge in [-0.2, -0.15) is 0 Å². The number of carboxylic acids is 1. The Morgan fingerprint density at radius 2 is 2.11 bits per heavy atom. The van der Waals surface area contributed by atoms with Crippen molar-refractivity contribution in [2.24, 2.45) is 0 Å². The summed E-state index contributed by atoms with van der Waals surface area (Å²) in [6.07, 6.45) is 1.34. The molecule has 0 fully saturated rings. The topological polar surface area (TPSA) is 62.7 Å². The first-order valence-corrected chi connectivity index (χ1v) is 6.13. The van der Waals surface area contributed by atoms with Crippen LogP contribution in [-0.4, -0.2) is 47.2 Å². The summed E-state index contributed by atoms with van der Waals surface area (Å²) < 4.78 is 5.55. The van der Waals surface area contributed by atoms with Crippen molar-refractivity contribution >= 4 is 5.97 Å². The second-order valence-corrected chi connectivity index (χ2v) is 4.00. The van der Waals surface area contributed by atoms with Crippen LogP contribution in [0.1, 0.15) is 29.9 Å². The number of pyridine rings is 1. The van der Waals surface area contributed by atoms with E-state index in [1.165, 1.54) is 6.20 Å². The average Bonchev–Trinajstić information content (AvgIpc) is 2.34.